The molecule has 0 atom stereocenters. The van der Waals surface area contributed by atoms with E-state index in [9.17, 15) is 14.9 Å². The Kier molecular flexibility index (Phi) is 2.28. The molecule has 2 rings (SSSR count). The predicted octanol–water partition coefficient (Wildman–Crippen LogP) is 1.52. The molecule has 16 heavy (non-hydrogen) atoms. The number of nitro groups is 1. The van der Waals surface area contributed by atoms with Crippen molar-refractivity contribution in [3.63, 3.8) is 0 Å². The zero-order valence-corrected chi connectivity index (χ0v) is 8.17. The molecule has 1 aromatic heterocycles. The second-order valence-electron chi connectivity index (χ2n) is 2.96. The van der Waals surface area contributed by atoms with E-state index < -0.39 is 10.9 Å². The summed E-state index contributed by atoms with van der Waals surface area (Å²) in [4.78, 5) is 21.2. The van der Waals surface area contributed by atoms with Crippen LogP contribution in [0.5, 0.6) is 0 Å². The average molecular weight is 222 g/mol. The molecule has 0 aliphatic carbocycles. The summed E-state index contributed by atoms with van der Waals surface area (Å²) < 4.78 is 9.23. The number of hydrogen-bond acceptors (Lipinski definition) is 6. The van der Waals surface area contributed by atoms with E-state index in [4.69, 9.17) is 4.52 Å². The van der Waals surface area contributed by atoms with E-state index in [1.54, 1.807) is 0 Å². The first-order valence-electron chi connectivity index (χ1n) is 4.25. The van der Waals surface area contributed by atoms with E-state index in [1.165, 1.54) is 25.3 Å². The van der Waals surface area contributed by atoms with Crippen LogP contribution in [0.2, 0.25) is 0 Å². The minimum Gasteiger partial charge on any atom is -0.463 e. The van der Waals surface area contributed by atoms with Crippen molar-refractivity contribution < 1.29 is 19.0 Å². The molecule has 0 bridgehead atoms. The maximum atomic E-state index is 11.2. The molecule has 1 heterocycles. The lowest BCUT2D eigenvalue weighted by molar-refractivity contribution is -0.384. The first-order valence-corrected chi connectivity index (χ1v) is 4.25. The first kappa shape index (κ1) is 10.1. The molecule has 0 aliphatic rings. The molecule has 0 aliphatic heterocycles. The molecule has 7 heteroatoms. The summed E-state index contributed by atoms with van der Waals surface area (Å²) in [6, 6.07) is 3.90. The van der Waals surface area contributed by atoms with Gasteiger partial charge in [-0.2, -0.15) is 0 Å². The van der Waals surface area contributed by atoms with Crippen molar-refractivity contribution in [3.8, 4) is 0 Å². The fourth-order valence-corrected chi connectivity index (χ4v) is 1.29. The Bertz CT molecular complexity index is 574. The zero-order valence-electron chi connectivity index (χ0n) is 8.17. The lowest BCUT2D eigenvalue weighted by Gasteiger charge is -1.93. The molecule has 0 spiro atoms. The number of ether oxygens (including phenoxy) is 1. The molecule has 0 fully saturated rings. The van der Waals surface area contributed by atoms with E-state index >= 15 is 0 Å². The minimum absolute atomic E-state index is 0.0626. The van der Waals surface area contributed by atoms with Gasteiger partial charge >= 0.3 is 5.97 Å². The Morgan fingerprint density at radius 1 is 1.56 bits per heavy atom. The van der Waals surface area contributed by atoms with Crippen molar-refractivity contribution in [3.05, 3.63) is 34.1 Å². The van der Waals surface area contributed by atoms with Crippen LogP contribution >= 0.6 is 0 Å². The molecule has 0 saturated heterocycles. The Morgan fingerprint density at radius 2 is 2.31 bits per heavy atom. The number of carbonyl (C=O) groups excluding carboxylic acids is 1. The normalized spacial score (nSPS) is 10.3. The van der Waals surface area contributed by atoms with Crippen LogP contribution in [0.25, 0.3) is 10.9 Å². The van der Waals surface area contributed by atoms with Crippen LogP contribution < -0.4 is 0 Å². The SMILES string of the molecule is COC(=O)c1onc2cc([N+](=O)[O-])ccc12. The molecule has 0 N–H and O–H groups in total. The van der Waals surface area contributed by atoms with Crippen LogP contribution in [0.1, 0.15) is 10.6 Å². The van der Waals surface area contributed by atoms with Crippen LogP contribution in [0.3, 0.4) is 0 Å². The monoisotopic (exact) mass is 222 g/mol. The van der Waals surface area contributed by atoms with Crippen molar-refractivity contribution in [2.24, 2.45) is 0 Å². The minimum atomic E-state index is -0.670. The predicted molar refractivity (Wildman–Crippen MR) is 52.0 cm³/mol. The summed E-state index contributed by atoms with van der Waals surface area (Å²) in [5, 5.41) is 14.4. The van der Waals surface area contributed by atoms with Gasteiger partial charge in [0, 0.05) is 12.1 Å². The largest absolute Gasteiger partial charge is 0.463 e. The van der Waals surface area contributed by atoms with Crippen molar-refractivity contribution in [2.45, 2.75) is 0 Å². The van der Waals surface area contributed by atoms with Gasteiger partial charge in [-0.3, -0.25) is 10.1 Å². The van der Waals surface area contributed by atoms with E-state index in [0.717, 1.165) is 0 Å². The zero-order chi connectivity index (χ0) is 11.7. The van der Waals surface area contributed by atoms with Crippen molar-refractivity contribution in [1.29, 1.82) is 0 Å². The molecule has 2 aromatic rings. The van der Waals surface area contributed by atoms with Gasteiger partial charge < -0.3 is 9.26 Å². The van der Waals surface area contributed by atoms with Gasteiger partial charge in [-0.05, 0) is 6.07 Å². The number of nitrogens with zero attached hydrogens (tertiary/aromatic N) is 2. The van der Waals surface area contributed by atoms with E-state index in [0.29, 0.717) is 5.39 Å². The second-order valence-corrected chi connectivity index (χ2v) is 2.96. The van der Waals surface area contributed by atoms with Gasteiger partial charge in [-0.25, -0.2) is 4.79 Å². The van der Waals surface area contributed by atoms with Gasteiger partial charge in [0.25, 0.3) is 11.4 Å². The van der Waals surface area contributed by atoms with E-state index in [2.05, 4.69) is 9.89 Å². The average Bonchev–Trinajstić information content (AvgIpc) is 2.70. The highest BCUT2D eigenvalue weighted by Crippen LogP contribution is 2.23. The molecule has 0 saturated carbocycles. The van der Waals surface area contributed by atoms with Gasteiger partial charge in [0.05, 0.1) is 17.4 Å². The lowest BCUT2D eigenvalue weighted by Crippen LogP contribution is -1.99. The van der Waals surface area contributed by atoms with Gasteiger partial charge in [0.1, 0.15) is 5.52 Å². The molecule has 1 aromatic carbocycles. The molecule has 0 radical (unpaired) electrons. The molecule has 7 nitrogen and oxygen atoms in total. The van der Waals surface area contributed by atoms with Crippen LogP contribution in [0, 0.1) is 10.1 Å². The van der Waals surface area contributed by atoms with E-state index in [1.807, 2.05) is 0 Å². The quantitative estimate of drug-likeness (QED) is 0.434. The van der Waals surface area contributed by atoms with E-state index in [-0.39, 0.29) is 17.0 Å². The summed E-state index contributed by atoms with van der Waals surface area (Å²) in [5.41, 5.74) is 0.131. The topological polar surface area (TPSA) is 95.5 Å². The van der Waals surface area contributed by atoms with Crippen molar-refractivity contribution in [2.75, 3.05) is 7.11 Å². The maximum absolute atomic E-state index is 11.2. The summed E-state index contributed by atoms with van der Waals surface area (Å²) in [6.07, 6.45) is 0. The Labute approximate surface area is 88.7 Å². The lowest BCUT2D eigenvalue weighted by atomic mass is 10.2. The number of carbonyl (C=O) groups is 1. The van der Waals surface area contributed by atoms with Gasteiger partial charge in [-0.15, -0.1) is 0 Å². The Morgan fingerprint density at radius 3 is 2.94 bits per heavy atom. The number of nitro benzene ring substituents is 1. The van der Waals surface area contributed by atoms with Crippen LogP contribution in [0.4, 0.5) is 5.69 Å². The fraction of sp³-hybridized carbons (Fsp3) is 0.111. The molecule has 82 valence electrons. The number of hydrogen-bond donors (Lipinski definition) is 0. The number of non-ortho nitro benzene ring substituents is 1. The number of fused-ring (bicyclic) bond motifs is 1. The second kappa shape index (κ2) is 3.61. The van der Waals surface area contributed by atoms with Gasteiger partial charge in [-0.1, -0.05) is 5.16 Å². The number of esters is 1. The number of rotatable bonds is 2. The number of benzene rings is 1. The standard InChI is InChI=1S/C9H6N2O5/c1-15-9(12)8-6-3-2-5(11(13)14)4-7(6)10-16-8/h2-4H,1H3. The van der Waals surface area contributed by atoms with Crippen molar-refractivity contribution in [1.82, 2.24) is 5.16 Å². The number of aromatic nitrogens is 1. The molecule has 0 amide bonds. The van der Waals surface area contributed by atoms with Crippen molar-refractivity contribution >= 4 is 22.6 Å². The summed E-state index contributed by atoms with van der Waals surface area (Å²) in [6.45, 7) is 0. The summed E-state index contributed by atoms with van der Waals surface area (Å²) in [5.74, 6) is -0.733. The Balaban J connectivity index is 2.59. The van der Waals surface area contributed by atoms with Gasteiger partial charge in [0.15, 0.2) is 0 Å². The van der Waals surface area contributed by atoms with Crippen LogP contribution in [-0.4, -0.2) is 23.2 Å². The summed E-state index contributed by atoms with van der Waals surface area (Å²) >= 11 is 0. The Hall–Kier alpha value is -2.44. The van der Waals surface area contributed by atoms with Gasteiger partial charge in [0.2, 0.25) is 0 Å². The molecular formula is C9H6N2O5. The third-order valence-corrected chi connectivity index (χ3v) is 2.04. The van der Waals surface area contributed by atoms with Crippen LogP contribution in [-0.2, 0) is 4.74 Å². The highest BCUT2D eigenvalue weighted by Gasteiger charge is 2.18. The maximum Gasteiger partial charge on any atom is 0.377 e. The molecular weight excluding hydrogens is 216 g/mol. The summed E-state index contributed by atoms with van der Waals surface area (Å²) in [7, 11) is 1.21. The highest BCUT2D eigenvalue weighted by atomic mass is 16.6. The molecule has 0 unspecified atom stereocenters. The third kappa shape index (κ3) is 1.48. The third-order valence-electron chi connectivity index (χ3n) is 2.04. The highest BCUT2D eigenvalue weighted by molar-refractivity contribution is 6.01. The van der Waals surface area contributed by atoms with Crippen LogP contribution in [0.15, 0.2) is 22.7 Å². The fourth-order valence-electron chi connectivity index (χ4n) is 1.29. The first-order chi connectivity index (χ1) is 7.63. The smallest absolute Gasteiger partial charge is 0.377 e. The number of methoxy groups -OCH3 is 1.